The summed E-state index contributed by atoms with van der Waals surface area (Å²) in [5.74, 6) is 0.223. The van der Waals surface area contributed by atoms with Gasteiger partial charge in [0.25, 0.3) is 0 Å². The molecule has 0 aromatic rings. The number of hydrogen-bond acceptors (Lipinski definition) is 3. The number of nitrogens with zero attached hydrogens (tertiary/aromatic N) is 1. The molecule has 2 unspecified atom stereocenters. The lowest BCUT2D eigenvalue weighted by Crippen LogP contribution is -2.47. The smallest absolute Gasteiger partial charge is 0.214 e. The highest BCUT2D eigenvalue weighted by molar-refractivity contribution is 9.09. The van der Waals surface area contributed by atoms with Crippen LogP contribution in [0.3, 0.4) is 0 Å². The molecule has 2 bridgehead atoms. The van der Waals surface area contributed by atoms with Crippen LogP contribution in [0.1, 0.15) is 32.1 Å². The fourth-order valence-corrected chi connectivity index (χ4v) is 5.86. The average molecular weight is 326 g/mol. The number of ether oxygens (including phenoxy) is 1. The van der Waals surface area contributed by atoms with E-state index in [1.807, 2.05) is 0 Å². The Morgan fingerprint density at radius 2 is 1.88 bits per heavy atom. The summed E-state index contributed by atoms with van der Waals surface area (Å²) in [7, 11) is -1.48. The second-order valence-corrected chi connectivity index (χ2v) is 8.23. The average Bonchev–Trinajstić information content (AvgIpc) is 2.53. The molecule has 100 valence electrons. The van der Waals surface area contributed by atoms with Gasteiger partial charge in [0.15, 0.2) is 0 Å². The Morgan fingerprint density at radius 1 is 1.29 bits per heavy atom. The minimum atomic E-state index is -3.08. The maximum absolute atomic E-state index is 12.3. The molecule has 0 aromatic heterocycles. The van der Waals surface area contributed by atoms with Crippen LogP contribution in [0.25, 0.3) is 0 Å². The van der Waals surface area contributed by atoms with E-state index in [4.69, 9.17) is 4.74 Å². The van der Waals surface area contributed by atoms with E-state index in [-0.39, 0.29) is 17.8 Å². The van der Waals surface area contributed by atoms with E-state index >= 15 is 0 Å². The molecule has 4 nitrogen and oxygen atoms in total. The quantitative estimate of drug-likeness (QED) is 0.571. The van der Waals surface area contributed by atoms with E-state index in [2.05, 4.69) is 15.9 Å². The van der Waals surface area contributed by atoms with Gasteiger partial charge in [-0.3, -0.25) is 0 Å². The molecule has 6 heteroatoms. The van der Waals surface area contributed by atoms with Gasteiger partial charge < -0.3 is 4.74 Å². The van der Waals surface area contributed by atoms with E-state index in [0.717, 1.165) is 25.7 Å². The molecular weight excluding hydrogens is 306 g/mol. The molecule has 2 atom stereocenters. The van der Waals surface area contributed by atoms with Crippen molar-refractivity contribution < 1.29 is 13.2 Å². The molecule has 2 rings (SSSR count). The summed E-state index contributed by atoms with van der Waals surface area (Å²) in [6, 6.07) is 0.455. The summed E-state index contributed by atoms with van der Waals surface area (Å²) in [6.07, 6.45) is 4.55. The van der Waals surface area contributed by atoms with Crippen LogP contribution < -0.4 is 0 Å². The third-order valence-electron chi connectivity index (χ3n) is 3.68. The first kappa shape index (κ1) is 13.8. The second-order valence-electron chi connectivity index (χ2n) is 4.95. The topological polar surface area (TPSA) is 46.6 Å². The van der Waals surface area contributed by atoms with Crippen LogP contribution in [0.15, 0.2) is 0 Å². The standard InChI is InChI=1S/C11H20BrNO3S/c1-16-5-2-6-17(14,15)13-10-3-4-11(13)8-9(12)7-10/h9-11H,2-8H2,1H3. The molecule has 0 spiro atoms. The van der Waals surface area contributed by atoms with Crippen LogP contribution in [-0.2, 0) is 14.8 Å². The molecule has 2 aliphatic rings. The monoisotopic (exact) mass is 325 g/mol. The first-order valence-corrected chi connectivity index (χ1v) is 8.71. The van der Waals surface area contributed by atoms with Crippen molar-refractivity contribution in [3.8, 4) is 0 Å². The normalized spacial score (nSPS) is 34.1. The van der Waals surface area contributed by atoms with Crippen LogP contribution in [0.5, 0.6) is 0 Å². The number of halogens is 1. The summed E-state index contributed by atoms with van der Waals surface area (Å²) in [5.41, 5.74) is 0. The van der Waals surface area contributed by atoms with Crippen LogP contribution in [0.4, 0.5) is 0 Å². The lowest BCUT2D eigenvalue weighted by atomic mass is 10.1. The highest BCUT2D eigenvalue weighted by Crippen LogP contribution is 2.40. The van der Waals surface area contributed by atoms with Crippen molar-refractivity contribution in [3.63, 3.8) is 0 Å². The van der Waals surface area contributed by atoms with E-state index < -0.39 is 10.0 Å². The number of sulfonamides is 1. The molecule has 2 heterocycles. The second kappa shape index (κ2) is 5.55. The fourth-order valence-electron chi connectivity index (χ4n) is 3.01. The van der Waals surface area contributed by atoms with Gasteiger partial charge in [0.05, 0.1) is 5.75 Å². The molecule has 2 fully saturated rings. The first-order valence-electron chi connectivity index (χ1n) is 6.19. The predicted octanol–water partition coefficient (Wildman–Crippen LogP) is 1.74. The Labute approximate surface area is 112 Å². The van der Waals surface area contributed by atoms with Gasteiger partial charge in [-0.15, -0.1) is 0 Å². The SMILES string of the molecule is COCCCS(=O)(=O)N1C2CCC1CC(Br)C2. The van der Waals surface area contributed by atoms with Crippen LogP contribution in [0, 0.1) is 0 Å². The summed E-state index contributed by atoms with van der Waals surface area (Å²) >= 11 is 3.63. The predicted molar refractivity (Wildman–Crippen MR) is 70.9 cm³/mol. The van der Waals surface area contributed by atoms with Crippen molar-refractivity contribution in [2.24, 2.45) is 0 Å². The van der Waals surface area contributed by atoms with Crippen LogP contribution in [0.2, 0.25) is 0 Å². The zero-order chi connectivity index (χ0) is 12.5. The van der Waals surface area contributed by atoms with E-state index in [9.17, 15) is 8.42 Å². The number of methoxy groups -OCH3 is 1. The van der Waals surface area contributed by atoms with Crippen molar-refractivity contribution in [2.75, 3.05) is 19.5 Å². The number of piperidine rings is 1. The maximum Gasteiger partial charge on any atom is 0.214 e. The molecule has 0 N–H and O–H groups in total. The van der Waals surface area contributed by atoms with E-state index in [1.165, 1.54) is 0 Å². The summed E-state index contributed by atoms with van der Waals surface area (Å²) in [5, 5.41) is 0. The van der Waals surface area contributed by atoms with Crippen LogP contribution in [-0.4, -0.2) is 49.1 Å². The number of fused-ring (bicyclic) bond motifs is 2. The maximum atomic E-state index is 12.3. The Hall–Kier alpha value is 0.350. The lowest BCUT2D eigenvalue weighted by Gasteiger charge is -2.36. The van der Waals surface area contributed by atoms with Gasteiger partial charge in [0.2, 0.25) is 10.0 Å². The van der Waals surface area contributed by atoms with Gasteiger partial charge in [0, 0.05) is 30.6 Å². The number of hydrogen-bond donors (Lipinski definition) is 0. The van der Waals surface area contributed by atoms with Gasteiger partial charge in [0.1, 0.15) is 0 Å². The molecule has 2 saturated heterocycles. The van der Waals surface area contributed by atoms with Crippen molar-refractivity contribution in [2.45, 2.75) is 49.0 Å². The molecule has 0 saturated carbocycles. The molecule has 0 radical (unpaired) electrons. The largest absolute Gasteiger partial charge is 0.385 e. The zero-order valence-corrected chi connectivity index (χ0v) is 12.5. The van der Waals surface area contributed by atoms with Crippen molar-refractivity contribution in [1.29, 1.82) is 0 Å². The Morgan fingerprint density at radius 3 is 2.41 bits per heavy atom. The van der Waals surface area contributed by atoms with Gasteiger partial charge in [-0.05, 0) is 32.1 Å². The van der Waals surface area contributed by atoms with Gasteiger partial charge in [-0.2, -0.15) is 4.31 Å². The van der Waals surface area contributed by atoms with E-state index in [1.54, 1.807) is 11.4 Å². The molecule has 2 aliphatic heterocycles. The number of alkyl halides is 1. The third kappa shape index (κ3) is 3.03. The highest BCUT2D eigenvalue weighted by Gasteiger charge is 2.45. The van der Waals surface area contributed by atoms with Gasteiger partial charge >= 0.3 is 0 Å². The molecule has 0 aliphatic carbocycles. The van der Waals surface area contributed by atoms with Crippen molar-refractivity contribution >= 4 is 26.0 Å². The third-order valence-corrected chi connectivity index (χ3v) is 6.47. The summed E-state index contributed by atoms with van der Waals surface area (Å²) in [6.45, 7) is 0.517. The van der Waals surface area contributed by atoms with Crippen LogP contribution >= 0.6 is 15.9 Å². The molecule has 17 heavy (non-hydrogen) atoms. The first-order chi connectivity index (χ1) is 8.04. The lowest BCUT2D eigenvalue weighted by molar-refractivity contribution is 0.198. The fraction of sp³-hybridized carbons (Fsp3) is 1.00. The molecule has 0 aromatic carbocycles. The Bertz CT molecular complexity index is 346. The van der Waals surface area contributed by atoms with Gasteiger partial charge in [-0.25, -0.2) is 8.42 Å². The molecule has 0 amide bonds. The highest BCUT2D eigenvalue weighted by atomic mass is 79.9. The van der Waals surface area contributed by atoms with E-state index in [0.29, 0.717) is 17.9 Å². The summed E-state index contributed by atoms with van der Waals surface area (Å²) in [4.78, 5) is 0.491. The van der Waals surface area contributed by atoms with Gasteiger partial charge in [-0.1, -0.05) is 15.9 Å². The van der Waals surface area contributed by atoms with Crippen molar-refractivity contribution in [3.05, 3.63) is 0 Å². The Kier molecular flexibility index (Phi) is 4.50. The molecular formula is C11H20BrNO3S. The minimum absolute atomic E-state index is 0.223. The minimum Gasteiger partial charge on any atom is -0.385 e. The number of rotatable bonds is 5. The zero-order valence-electron chi connectivity index (χ0n) is 10.1. The summed E-state index contributed by atoms with van der Waals surface area (Å²) < 4.78 is 31.3. The van der Waals surface area contributed by atoms with Crippen molar-refractivity contribution in [1.82, 2.24) is 4.31 Å². The Balaban J connectivity index is 2.02.